The number of carbonyl (C=O) groups is 2. The van der Waals surface area contributed by atoms with Crippen molar-refractivity contribution in [3.63, 3.8) is 0 Å². The summed E-state index contributed by atoms with van der Waals surface area (Å²) in [7, 11) is 1.59. The Balaban J connectivity index is 1.74. The first-order valence-electron chi connectivity index (χ1n) is 9.00. The van der Waals surface area contributed by atoms with E-state index in [9.17, 15) is 9.59 Å². The highest BCUT2D eigenvalue weighted by Crippen LogP contribution is 2.35. The topological polar surface area (TPSA) is 67.9 Å². The Morgan fingerprint density at radius 2 is 2.04 bits per heavy atom. The number of fused-ring (bicyclic) bond motifs is 1. The zero-order chi connectivity index (χ0) is 19.4. The lowest BCUT2D eigenvalue weighted by atomic mass is 10.1. The second-order valence-electron chi connectivity index (χ2n) is 6.50. The summed E-state index contributed by atoms with van der Waals surface area (Å²) in [6.07, 6.45) is -0.0203. The molecule has 1 aliphatic heterocycles. The maximum atomic E-state index is 12.7. The molecule has 6 nitrogen and oxygen atoms in total. The number of benzene rings is 2. The largest absolute Gasteiger partial charge is 0.496 e. The molecule has 0 aromatic heterocycles. The minimum Gasteiger partial charge on any atom is -0.496 e. The van der Waals surface area contributed by atoms with Crippen molar-refractivity contribution in [2.45, 2.75) is 32.9 Å². The number of aryl methyl sites for hydroxylation is 1. The minimum atomic E-state index is -0.567. The average Bonchev–Trinajstić information content (AvgIpc) is 2.68. The molecular weight excluding hydrogens is 344 g/mol. The molecule has 1 heterocycles. The van der Waals surface area contributed by atoms with Crippen molar-refractivity contribution in [3.8, 4) is 11.5 Å². The van der Waals surface area contributed by atoms with Crippen molar-refractivity contribution in [1.82, 2.24) is 5.32 Å². The highest BCUT2D eigenvalue weighted by molar-refractivity contribution is 6.03. The number of methoxy groups -OCH3 is 1. The van der Waals surface area contributed by atoms with E-state index in [4.69, 9.17) is 9.47 Å². The molecule has 0 aliphatic carbocycles. The molecule has 1 atom stereocenters. The lowest BCUT2D eigenvalue weighted by molar-refractivity contribution is -0.129. The molecule has 27 heavy (non-hydrogen) atoms. The van der Waals surface area contributed by atoms with E-state index < -0.39 is 6.10 Å². The van der Waals surface area contributed by atoms with Gasteiger partial charge in [0.1, 0.15) is 18.0 Å². The van der Waals surface area contributed by atoms with Crippen molar-refractivity contribution >= 4 is 17.5 Å². The van der Waals surface area contributed by atoms with Crippen LogP contribution in [-0.2, 0) is 16.1 Å². The fourth-order valence-corrected chi connectivity index (χ4v) is 3.10. The van der Waals surface area contributed by atoms with Gasteiger partial charge in [0.15, 0.2) is 6.10 Å². The van der Waals surface area contributed by atoms with Crippen LogP contribution in [0.15, 0.2) is 42.5 Å². The first kappa shape index (κ1) is 18.8. The molecule has 0 saturated heterocycles. The van der Waals surface area contributed by atoms with Crippen molar-refractivity contribution in [1.29, 1.82) is 0 Å². The third-order valence-electron chi connectivity index (χ3n) is 4.56. The summed E-state index contributed by atoms with van der Waals surface area (Å²) >= 11 is 0. The van der Waals surface area contributed by atoms with Gasteiger partial charge in [-0.1, -0.05) is 31.2 Å². The molecule has 0 radical (unpaired) electrons. The van der Waals surface area contributed by atoms with Crippen LogP contribution in [0.25, 0.3) is 0 Å². The Morgan fingerprint density at radius 3 is 2.78 bits per heavy atom. The molecule has 0 fully saturated rings. The van der Waals surface area contributed by atoms with Crippen LogP contribution in [0.4, 0.5) is 5.69 Å². The van der Waals surface area contributed by atoms with Crippen molar-refractivity contribution in [2.75, 3.05) is 18.6 Å². The fraction of sp³-hybridized carbons (Fsp3) is 0.333. The third kappa shape index (κ3) is 4.05. The predicted octanol–water partition coefficient (Wildman–Crippen LogP) is 2.82. The van der Waals surface area contributed by atoms with E-state index in [-0.39, 0.29) is 18.4 Å². The summed E-state index contributed by atoms with van der Waals surface area (Å²) in [5, 5.41) is 2.87. The van der Waals surface area contributed by atoms with Gasteiger partial charge < -0.3 is 14.8 Å². The van der Waals surface area contributed by atoms with Crippen molar-refractivity contribution in [2.24, 2.45) is 0 Å². The van der Waals surface area contributed by atoms with Crippen molar-refractivity contribution in [3.05, 3.63) is 53.6 Å². The summed E-state index contributed by atoms with van der Waals surface area (Å²) < 4.78 is 11.1. The van der Waals surface area contributed by atoms with Gasteiger partial charge in [-0.25, -0.2) is 0 Å². The monoisotopic (exact) mass is 368 g/mol. The lowest BCUT2D eigenvalue weighted by Gasteiger charge is -2.34. The van der Waals surface area contributed by atoms with Gasteiger partial charge in [-0.15, -0.1) is 0 Å². The van der Waals surface area contributed by atoms with Crippen LogP contribution in [0.1, 0.15) is 24.5 Å². The Hall–Kier alpha value is -3.02. The molecule has 0 spiro atoms. The number of anilines is 1. The quantitative estimate of drug-likeness (QED) is 0.851. The second kappa shape index (κ2) is 8.12. The normalized spacial score (nSPS) is 15.7. The van der Waals surface area contributed by atoms with Gasteiger partial charge in [-0.05, 0) is 37.1 Å². The zero-order valence-corrected chi connectivity index (χ0v) is 15.8. The maximum Gasteiger partial charge on any atom is 0.268 e. The smallest absolute Gasteiger partial charge is 0.268 e. The number of nitrogens with zero attached hydrogens (tertiary/aromatic N) is 1. The van der Waals surface area contributed by atoms with Gasteiger partial charge in [0.2, 0.25) is 5.91 Å². The Kier molecular flexibility index (Phi) is 5.64. The lowest BCUT2D eigenvalue weighted by Crippen LogP contribution is -2.49. The maximum absolute atomic E-state index is 12.7. The molecule has 142 valence electrons. The van der Waals surface area contributed by atoms with Crippen LogP contribution in [0.5, 0.6) is 11.5 Å². The van der Waals surface area contributed by atoms with E-state index in [1.807, 2.05) is 56.3 Å². The van der Waals surface area contributed by atoms with E-state index in [0.29, 0.717) is 30.2 Å². The number of carbonyl (C=O) groups excluding carboxylic acids is 2. The molecule has 0 unspecified atom stereocenters. The third-order valence-corrected chi connectivity index (χ3v) is 4.56. The second-order valence-corrected chi connectivity index (χ2v) is 6.50. The summed E-state index contributed by atoms with van der Waals surface area (Å²) in [5.41, 5.74) is 2.51. The molecule has 0 bridgehead atoms. The number of hydrogen-bond acceptors (Lipinski definition) is 4. The molecule has 1 aliphatic rings. The number of hydrogen-bond donors (Lipinski definition) is 1. The molecule has 6 heteroatoms. The number of nitrogens with one attached hydrogen (secondary N) is 1. The summed E-state index contributed by atoms with van der Waals surface area (Å²) in [6.45, 7) is 4.11. The van der Waals surface area contributed by atoms with E-state index in [1.165, 1.54) is 4.90 Å². The van der Waals surface area contributed by atoms with Crippen LogP contribution in [-0.4, -0.2) is 31.6 Å². The van der Waals surface area contributed by atoms with Crippen LogP contribution in [0.2, 0.25) is 0 Å². The molecule has 1 N–H and O–H groups in total. The Bertz CT molecular complexity index is 850. The number of amides is 2. The standard InChI is InChI=1S/C21H24N2O4/c1-4-17-21(25)23(16-11-14(2)9-10-19(16)27-17)13-20(24)22-12-15-7-5-6-8-18(15)26-3/h5-11,17H,4,12-13H2,1-3H3,(H,22,24)/t17-/m0/s1. The van der Waals surface area contributed by atoms with Crippen molar-refractivity contribution < 1.29 is 19.1 Å². The SMILES string of the molecule is CC[C@@H]1Oc2ccc(C)cc2N(CC(=O)NCc2ccccc2OC)C1=O. The van der Waals surface area contributed by atoms with Crippen LogP contribution >= 0.6 is 0 Å². The van der Waals surface area contributed by atoms with Gasteiger partial charge in [0.05, 0.1) is 12.8 Å². The highest BCUT2D eigenvalue weighted by atomic mass is 16.5. The van der Waals surface area contributed by atoms with E-state index in [1.54, 1.807) is 7.11 Å². The summed E-state index contributed by atoms with van der Waals surface area (Å²) in [5.74, 6) is 0.915. The van der Waals surface area contributed by atoms with Gasteiger partial charge in [0.25, 0.3) is 5.91 Å². The van der Waals surface area contributed by atoms with Gasteiger partial charge in [-0.2, -0.15) is 0 Å². The number of rotatable bonds is 6. The van der Waals surface area contributed by atoms with Gasteiger partial charge in [-0.3, -0.25) is 14.5 Å². The number of para-hydroxylation sites is 1. The van der Waals surface area contributed by atoms with Gasteiger partial charge >= 0.3 is 0 Å². The minimum absolute atomic E-state index is 0.0513. The van der Waals surface area contributed by atoms with Crippen LogP contribution in [0.3, 0.4) is 0 Å². The van der Waals surface area contributed by atoms with Crippen LogP contribution < -0.4 is 19.7 Å². The van der Waals surface area contributed by atoms with Crippen LogP contribution in [0, 0.1) is 6.92 Å². The number of ether oxygens (including phenoxy) is 2. The molecule has 2 aromatic rings. The Morgan fingerprint density at radius 1 is 1.26 bits per heavy atom. The van der Waals surface area contributed by atoms with Gasteiger partial charge in [0, 0.05) is 12.1 Å². The first-order chi connectivity index (χ1) is 13.0. The average molecular weight is 368 g/mol. The summed E-state index contributed by atoms with van der Waals surface area (Å²) in [6, 6.07) is 13.1. The zero-order valence-electron chi connectivity index (χ0n) is 15.8. The van der Waals surface area contributed by atoms with E-state index >= 15 is 0 Å². The van der Waals surface area contributed by atoms with E-state index in [2.05, 4.69) is 5.32 Å². The van der Waals surface area contributed by atoms with E-state index in [0.717, 1.165) is 11.1 Å². The molecule has 2 aromatic carbocycles. The highest BCUT2D eigenvalue weighted by Gasteiger charge is 2.34. The molecule has 0 saturated carbocycles. The summed E-state index contributed by atoms with van der Waals surface area (Å²) in [4.78, 5) is 26.8. The Labute approximate surface area is 159 Å². The molecule has 3 rings (SSSR count). The molecular formula is C21H24N2O4. The first-order valence-corrected chi connectivity index (χ1v) is 9.00. The predicted molar refractivity (Wildman–Crippen MR) is 103 cm³/mol. The molecule has 2 amide bonds. The fourth-order valence-electron chi connectivity index (χ4n) is 3.10.